The molecule has 2 nitrogen and oxygen atoms in total. The Bertz CT molecular complexity index is 237. The number of hydrogen-bond donors (Lipinski definition) is 0. The minimum atomic E-state index is -1.54. The van der Waals surface area contributed by atoms with Gasteiger partial charge in [0.25, 0.3) is 0 Å². The lowest BCUT2D eigenvalue weighted by atomic mass is 9.88. The van der Waals surface area contributed by atoms with Gasteiger partial charge in [0.1, 0.15) is 0 Å². The van der Waals surface area contributed by atoms with Crippen molar-refractivity contribution >= 4 is 8.32 Å². The molecule has 102 valence electrons. The molecule has 0 aromatic heterocycles. The third kappa shape index (κ3) is 3.55. The van der Waals surface area contributed by atoms with E-state index in [1.807, 2.05) is 0 Å². The first-order valence-corrected chi connectivity index (χ1v) is 10.0. The Morgan fingerprint density at radius 1 is 1.12 bits per heavy atom. The Morgan fingerprint density at radius 3 is 1.94 bits per heavy atom. The van der Waals surface area contributed by atoms with Gasteiger partial charge in [-0.3, -0.25) is 0 Å². The van der Waals surface area contributed by atoms with Gasteiger partial charge in [-0.15, -0.1) is 0 Å². The van der Waals surface area contributed by atoms with E-state index in [0.29, 0.717) is 11.1 Å². The zero-order valence-electron chi connectivity index (χ0n) is 12.8. The fourth-order valence-corrected chi connectivity index (χ4v) is 3.65. The van der Waals surface area contributed by atoms with E-state index in [4.69, 9.17) is 4.43 Å². The molecule has 0 unspecified atom stereocenters. The average molecular weight is 257 g/mol. The van der Waals surface area contributed by atoms with Crippen LogP contribution in [-0.4, -0.2) is 38.5 Å². The predicted octanol–water partition coefficient (Wildman–Crippen LogP) is 3.88. The zero-order chi connectivity index (χ0) is 13.3. The van der Waals surface area contributed by atoms with Crippen molar-refractivity contribution in [3.05, 3.63) is 0 Å². The van der Waals surface area contributed by atoms with Gasteiger partial charge in [-0.25, -0.2) is 0 Å². The first-order chi connectivity index (χ1) is 7.71. The van der Waals surface area contributed by atoms with Crippen molar-refractivity contribution in [1.29, 1.82) is 0 Å². The molecule has 1 rings (SSSR count). The van der Waals surface area contributed by atoms with Crippen molar-refractivity contribution in [2.24, 2.45) is 0 Å². The lowest BCUT2D eigenvalue weighted by Gasteiger charge is -2.47. The SMILES string of the molecule is CCN(CC)[C@H]1C[C@@H](O[Si](C)(C)C(C)(C)C)C1. The molecule has 1 fully saturated rings. The summed E-state index contributed by atoms with van der Waals surface area (Å²) in [4.78, 5) is 2.56. The van der Waals surface area contributed by atoms with Gasteiger partial charge in [-0.1, -0.05) is 34.6 Å². The molecule has 0 atom stereocenters. The summed E-state index contributed by atoms with van der Waals surface area (Å²) in [7, 11) is -1.54. The van der Waals surface area contributed by atoms with E-state index < -0.39 is 8.32 Å². The Labute approximate surface area is 109 Å². The highest BCUT2D eigenvalue weighted by Gasteiger charge is 2.43. The van der Waals surface area contributed by atoms with E-state index in [-0.39, 0.29) is 0 Å². The molecule has 0 aromatic carbocycles. The fraction of sp³-hybridized carbons (Fsp3) is 1.00. The maximum absolute atomic E-state index is 6.42. The number of hydrogen-bond acceptors (Lipinski definition) is 2. The van der Waals surface area contributed by atoms with Crippen molar-refractivity contribution in [3.8, 4) is 0 Å². The molecule has 0 saturated heterocycles. The van der Waals surface area contributed by atoms with E-state index in [2.05, 4.69) is 52.6 Å². The standard InChI is InChI=1S/C14H31NOSi/c1-8-15(9-2)12-10-13(11-12)16-17(6,7)14(3,4)5/h12-13H,8-11H2,1-7H3/t12-,13+. The summed E-state index contributed by atoms with van der Waals surface area (Å²) in [5.41, 5.74) is 0. The Morgan fingerprint density at radius 2 is 1.59 bits per heavy atom. The van der Waals surface area contributed by atoms with Gasteiger partial charge in [-0.05, 0) is 44.1 Å². The predicted molar refractivity (Wildman–Crippen MR) is 78.0 cm³/mol. The molecule has 1 saturated carbocycles. The van der Waals surface area contributed by atoms with E-state index in [0.717, 1.165) is 6.04 Å². The summed E-state index contributed by atoms with van der Waals surface area (Å²) < 4.78 is 6.42. The minimum absolute atomic E-state index is 0.341. The van der Waals surface area contributed by atoms with Gasteiger partial charge in [-0.2, -0.15) is 0 Å². The van der Waals surface area contributed by atoms with E-state index in [1.165, 1.54) is 25.9 Å². The van der Waals surface area contributed by atoms with Gasteiger partial charge < -0.3 is 9.33 Å². The van der Waals surface area contributed by atoms with Crippen LogP contribution < -0.4 is 0 Å². The molecule has 0 spiro atoms. The van der Waals surface area contributed by atoms with Gasteiger partial charge in [0, 0.05) is 12.1 Å². The topological polar surface area (TPSA) is 12.5 Å². The highest BCUT2D eigenvalue weighted by Crippen LogP contribution is 2.40. The van der Waals surface area contributed by atoms with Crippen LogP contribution in [0.4, 0.5) is 0 Å². The van der Waals surface area contributed by atoms with Crippen molar-refractivity contribution in [3.63, 3.8) is 0 Å². The minimum Gasteiger partial charge on any atom is -0.414 e. The maximum Gasteiger partial charge on any atom is 0.192 e. The van der Waals surface area contributed by atoms with E-state index >= 15 is 0 Å². The maximum atomic E-state index is 6.42. The highest BCUT2D eigenvalue weighted by molar-refractivity contribution is 6.74. The van der Waals surface area contributed by atoms with Crippen LogP contribution in [-0.2, 0) is 4.43 Å². The molecule has 0 aliphatic heterocycles. The van der Waals surface area contributed by atoms with Crippen molar-refractivity contribution < 1.29 is 4.43 Å². The van der Waals surface area contributed by atoms with Crippen molar-refractivity contribution in [2.75, 3.05) is 13.1 Å². The lowest BCUT2D eigenvalue weighted by Crippen LogP contribution is -2.53. The molecule has 0 heterocycles. The first kappa shape index (κ1) is 15.2. The van der Waals surface area contributed by atoms with Gasteiger partial charge in [0.05, 0.1) is 0 Å². The van der Waals surface area contributed by atoms with Crippen LogP contribution in [0.2, 0.25) is 18.1 Å². The summed E-state index contributed by atoms with van der Waals surface area (Å²) in [5.74, 6) is 0. The Balaban J connectivity index is 2.39. The first-order valence-electron chi connectivity index (χ1n) is 7.13. The molecule has 17 heavy (non-hydrogen) atoms. The second-order valence-electron chi connectivity index (χ2n) is 6.85. The smallest absolute Gasteiger partial charge is 0.192 e. The van der Waals surface area contributed by atoms with Gasteiger partial charge >= 0.3 is 0 Å². The molecule has 0 aromatic rings. The molecule has 0 bridgehead atoms. The quantitative estimate of drug-likeness (QED) is 0.693. The normalized spacial score (nSPS) is 26.1. The van der Waals surface area contributed by atoms with Crippen LogP contribution in [0.5, 0.6) is 0 Å². The second kappa shape index (κ2) is 5.41. The van der Waals surface area contributed by atoms with Gasteiger partial charge in [0.2, 0.25) is 0 Å². The van der Waals surface area contributed by atoms with Crippen molar-refractivity contribution in [2.45, 2.75) is 77.7 Å². The molecule has 1 aliphatic rings. The largest absolute Gasteiger partial charge is 0.414 e. The van der Waals surface area contributed by atoms with Crippen LogP contribution in [0.3, 0.4) is 0 Å². The van der Waals surface area contributed by atoms with Crippen LogP contribution >= 0.6 is 0 Å². The number of rotatable bonds is 5. The van der Waals surface area contributed by atoms with E-state index in [1.54, 1.807) is 0 Å². The molecular formula is C14H31NOSi. The summed E-state index contributed by atoms with van der Waals surface area (Å²) >= 11 is 0. The third-order valence-electron chi connectivity index (χ3n) is 4.67. The molecule has 0 N–H and O–H groups in total. The third-order valence-corrected chi connectivity index (χ3v) is 9.20. The molecular weight excluding hydrogens is 226 g/mol. The Kier molecular flexibility index (Phi) is 4.84. The van der Waals surface area contributed by atoms with Crippen LogP contribution in [0.15, 0.2) is 0 Å². The zero-order valence-corrected chi connectivity index (χ0v) is 13.8. The van der Waals surface area contributed by atoms with E-state index in [9.17, 15) is 0 Å². The monoisotopic (exact) mass is 257 g/mol. The molecule has 1 aliphatic carbocycles. The summed E-state index contributed by atoms with van der Waals surface area (Å²) in [6.07, 6.45) is 3.02. The lowest BCUT2D eigenvalue weighted by molar-refractivity contribution is 0.0136. The second-order valence-corrected chi connectivity index (χ2v) is 11.6. The highest BCUT2D eigenvalue weighted by atomic mass is 28.4. The Hall–Kier alpha value is 0.137. The fourth-order valence-electron chi connectivity index (χ4n) is 2.27. The van der Waals surface area contributed by atoms with Crippen LogP contribution in [0, 0.1) is 0 Å². The summed E-state index contributed by atoms with van der Waals surface area (Å²) in [6.45, 7) is 18.5. The number of nitrogens with zero attached hydrogens (tertiary/aromatic N) is 1. The molecule has 3 heteroatoms. The average Bonchev–Trinajstić information content (AvgIpc) is 2.13. The van der Waals surface area contributed by atoms with Crippen LogP contribution in [0.1, 0.15) is 47.5 Å². The molecule has 0 radical (unpaired) electrons. The summed E-state index contributed by atoms with van der Waals surface area (Å²) in [5, 5.41) is 0.341. The van der Waals surface area contributed by atoms with Gasteiger partial charge in [0.15, 0.2) is 8.32 Å². The van der Waals surface area contributed by atoms with Crippen molar-refractivity contribution in [1.82, 2.24) is 4.90 Å². The summed E-state index contributed by atoms with van der Waals surface area (Å²) in [6, 6.07) is 0.778. The molecule has 0 amide bonds. The van der Waals surface area contributed by atoms with Crippen LogP contribution in [0.25, 0.3) is 0 Å².